The van der Waals surface area contributed by atoms with Gasteiger partial charge in [-0.15, -0.1) is 49.3 Å². The third-order valence-electron chi connectivity index (χ3n) is 3.83. The van der Waals surface area contributed by atoms with Crippen LogP contribution in [0.1, 0.15) is 16.5 Å². The number of rotatable bonds is 4. The molecule has 1 aliphatic rings. The van der Waals surface area contributed by atoms with Crippen molar-refractivity contribution in [3.8, 4) is 5.75 Å². The lowest BCUT2D eigenvalue weighted by Crippen LogP contribution is -2.45. The van der Waals surface area contributed by atoms with Gasteiger partial charge in [-0.3, -0.25) is 4.90 Å². The van der Waals surface area contributed by atoms with E-state index in [0.29, 0.717) is 5.56 Å². The molecule has 2 heterocycles. The van der Waals surface area contributed by atoms with E-state index in [0.717, 1.165) is 43.2 Å². The van der Waals surface area contributed by atoms with E-state index in [4.69, 9.17) is 0 Å². The molecule has 0 saturated carbocycles. The maximum atomic E-state index is 14.1. The Balaban J connectivity index is 0.00000169. The average molecular weight is 433 g/mol. The lowest BCUT2D eigenvalue weighted by Gasteiger charge is -2.34. The second-order valence-electron chi connectivity index (χ2n) is 5.44. The highest BCUT2D eigenvalue weighted by Gasteiger charge is 2.33. The molecular formula is C16H18Cl2F4N2OS. The fourth-order valence-electron chi connectivity index (χ4n) is 2.84. The minimum atomic E-state index is -4.91. The summed E-state index contributed by atoms with van der Waals surface area (Å²) < 4.78 is 54.7. The molecule has 1 saturated heterocycles. The first-order chi connectivity index (χ1) is 11.4. The Morgan fingerprint density at radius 2 is 1.81 bits per heavy atom. The van der Waals surface area contributed by atoms with Gasteiger partial charge in [0.1, 0.15) is 0 Å². The van der Waals surface area contributed by atoms with E-state index in [9.17, 15) is 17.6 Å². The summed E-state index contributed by atoms with van der Waals surface area (Å²) in [6.45, 7) is 3.20. The SMILES string of the molecule is Cl.Cl.Fc1cc([C@H](c2cccs2)N2CCNCC2)ccc1OC(F)(F)F. The molecule has 0 spiro atoms. The van der Waals surface area contributed by atoms with Gasteiger partial charge in [-0.1, -0.05) is 12.1 Å². The molecule has 1 aromatic carbocycles. The van der Waals surface area contributed by atoms with Gasteiger partial charge in [0.25, 0.3) is 0 Å². The van der Waals surface area contributed by atoms with Gasteiger partial charge in [0.15, 0.2) is 11.6 Å². The number of thiophene rings is 1. The quantitative estimate of drug-likeness (QED) is 0.713. The zero-order valence-corrected chi connectivity index (χ0v) is 15.9. The highest BCUT2D eigenvalue weighted by atomic mass is 35.5. The van der Waals surface area contributed by atoms with Crippen LogP contribution in [0.4, 0.5) is 17.6 Å². The molecule has 0 aliphatic carbocycles. The van der Waals surface area contributed by atoms with Crippen molar-refractivity contribution >= 4 is 36.2 Å². The van der Waals surface area contributed by atoms with E-state index in [2.05, 4.69) is 15.0 Å². The molecule has 3 rings (SSSR count). The first kappa shape index (κ1) is 23.0. The summed E-state index contributed by atoms with van der Waals surface area (Å²) in [7, 11) is 0. The Hall–Kier alpha value is -1.06. The monoisotopic (exact) mass is 432 g/mol. The van der Waals surface area contributed by atoms with Crippen LogP contribution in [0.5, 0.6) is 5.75 Å². The summed E-state index contributed by atoms with van der Waals surface area (Å²) in [5.74, 6) is -1.82. The van der Waals surface area contributed by atoms with Gasteiger partial charge in [0.05, 0.1) is 6.04 Å². The molecule has 0 bridgehead atoms. The van der Waals surface area contributed by atoms with E-state index in [-0.39, 0.29) is 30.9 Å². The zero-order valence-electron chi connectivity index (χ0n) is 13.5. The molecule has 10 heteroatoms. The van der Waals surface area contributed by atoms with Gasteiger partial charge in [-0.2, -0.15) is 0 Å². The number of alkyl halides is 3. The standard InChI is InChI=1S/C16H16F4N2OS.2ClH/c17-12-10-11(3-4-13(12)23-16(18,19)20)15(14-2-1-9-24-14)22-7-5-21-6-8-22;;/h1-4,9-10,15,21H,5-8H2;2*1H/t15-;;/m1../s1. The Morgan fingerprint density at radius 3 is 2.35 bits per heavy atom. The molecular weight excluding hydrogens is 415 g/mol. The van der Waals surface area contributed by atoms with Crippen molar-refractivity contribution in [1.29, 1.82) is 0 Å². The van der Waals surface area contributed by atoms with Crippen LogP contribution in [0.25, 0.3) is 0 Å². The summed E-state index contributed by atoms with van der Waals surface area (Å²) in [4.78, 5) is 3.22. The minimum Gasteiger partial charge on any atom is -0.403 e. The van der Waals surface area contributed by atoms with Crippen LogP contribution in [-0.4, -0.2) is 37.4 Å². The van der Waals surface area contributed by atoms with Crippen LogP contribution in [0, 0.1) is 5.82 Å². The minimum absolute atomic E-state index is 0. The van der Waals surface area contributed by atoms with Gasteiger partial charge in [-0.05, 0) is 29.1 Å². The number of nitrogens with one attached hydrogen (secondary N) is 1. The number of piperazine rings is 1. The fourth-order valence-corrected chi connectivity index (χ4v) is 3.72. The summed E-state index contributed by atoms with van der Waals surface area (Å²) in [5, 5.41) is 5.19. The molecule has 146 valence electrons. The molecule has 0 radical (unpaired) electrons. The second kappa shape index (κ2) is 9.75. The third-order valence-corrected chi connectivity index (χ3v) is 4.75. The summed E-state index contributed by atoms with van der Waals surface area (Å²) >= 11 is 1.54. The van der Waals surface area contributed by atoms with Gasteiger partial charge in [0.2, 0.25) is 0 Å². The number of nitrogens with zero attached hydrogens (tertiary/aromatic N) is 1. The fraction of sp³-hybridized carbons (Fsp3) is 0.375. The third kappa shape index (κ3) is 5.72. The average Bonchev–Trinajstić information content (AvgIpc) is 3.04. The van der Waals surface area contributed by atoms with Crippen molar-refractivity contribution in [2.45, 2.75) is 12.4 Å². The predicted octanol–water partition coefficient (Wildman–Crippen LogP) is 4.62. The molecule has 3 nitrogen and oxygen atoms in total. The molecule has 1 N–H and O–H groups in total. The number of hydrogen-bond donors (Lipinski definition) is 1. The van der Waals surface area contributed by atoms with E-state index >= 15 is 0 Å². The normalized spacial score (nSPS) is 16.3. The summed E-state index contributed by atoms with van der Waals surface area (Å²) in [5.41, 5.74) is 0.617. The van der Waals surface area contributed by atoms with E-state index < -0.39 is 17.9 Å². The maximum Gasteiger partial charge on any atom is 0.573 e. The lowest BCUT2D eigenvalue weighted by atomic mass is 10.0. The molecule has 26 heavy (non-hydrogen) atoms. The largest absolute Gasteiger partial charge is 0.573 e. The number of benzene rings is 1. The zero-order chi connectivity index (χ0) is 17.2. The summed E-state index contributed by atoms with van der Waals surface area (Å²) in [6, 6.07) is 7.36. The van der Waals surface area contributed by atoms with Crippen LogP contribution < -0.4 is 10.1 Å². The van der Waals surface area contributed by atoms with Crippen LogP contribution in [-0.2, 0) is 0 Å². The number of hydrogen-bond acceptors (Lipinski definition) is 4. The molecule has 0 amide bonds. The molecule has 1 atom stereocenters. The van der Waals surface area contributed by atoms with Gasteiger partial charge in [0, 0.05) is 31.1 Å². The molecule has 1 aliphatic heterocycles. The number of halogens is 6. The lowest BCUT2D eigenvalue weighted by molar-refractivity contribution is -0.275. The topological polar surface area (TPSA) is 24.5 Å². The Kier molecular flexibility index (Phi) is 8.62. The molecule has 1 fully saturated rings. The Bertz CT molecular complexity index is 679. The molecule has 2 aromatic rings. The van der Waals surface area contributed by atoms with Crippen molar-refractivity contribution in [3.05, 3.63) is 52.0 Å². The van der Waals surface area contributed by atoms with Crippen molar-refractivity contribution < 1.29 is 22.3 Å². The number of ether oxygens (including phenoxy) is 1. The highest BCUT2D eigenvalue weighted by Crippen LogP contribution is 2.35. The molecule has 1 aromatic heterocycles. The van der Waals surface area contributed by atoms with Crippen molar-refractivity contribution in [3.63, 3.8) is 0 Å². The van der Waals surface area contributed by atoms with Gasteiger partial charge < -0.3 is 10.1 Å². The first-order valence-corrected chi connectivity index (χ1v) is 8.35. The summed E-state index contributed by atoms with van der Waals surface area (Å²) in [6.07, 6.45) is -4.91. The molecule has 0 unspecified atom stereocenters. The van der Waals surface area contributed by atoms with Crippen molar-refractivity contribution in [2.75, 3.05) is 26.2 Å². The van der Waals surface area contributed by atoms with Crippen LogP contribution in [0.15, 0.2) is 35.7 Å². The Morgan fingerprint density at radius 1 is 1.12 bits per heavy atom. The van der Waals surface area contributed by atoms with Crippen LogP contribution >= 0.6 is 36.2 Å². The van der Waals surface area contributed by atoms with E-state index in [1.807, 2.05) is 17.5 Å². The highest BCUT2D eigenvalue weighted by molar-refractivity contribution is 7.10. The smallest absolute Gasteiger partial charge is 0.403 e. The Labute approximate surface area is 165 Å². The van der Waals surface area contributed by atoms with E-state index in [1.54, 1.807) is 11.3 Å². The van der Waals surface area contributed by atoms with Crippen molar-refractivity contribution in [1.82, 2.24) is 10.2 Å². The van der Waals surface area contributed by atoms with E-state index in [1.165, 1.54) is 6.07 Å². The maximum absolute atomic E-state index is 14.1. The van der Waals surface area contributed by atoms with Crippen molar-refractivity contribution in [2.24, 2.45) is 0 Å². The van der Waals surface area contributed by atoms with Gasteiger partial charge >= 0.3 is 6.36 Å². The second-order valence-corrected chi connectivity index (χ2v) is 6.42. The first-order valence-electron chi connectivity index (χ1n) is 7.47. The van der Waals surface area contributed by atoms with Crippen LogP contribution in [0.2, 0.25) is 0 Å². The predicted molar refractivity (Wildman–Crippen MR) is 98.2 cm³/mol. The van der Waals surface area contributed by atoms with Crippen LogP contribution in [0.3, 0.4) is 0 Å². The van der Waals surface area contributed by atoms with Gasteiger partial charge in [-0.25, -0.2) is 4.39 Å².